The Labute approximate surface area is 163 Å². The molecule has 150 valence electrons. The van der Waals surface area contributed by atoms with E-state index in [1.165, 1.54) is 5.56 Å². The van der Waals surface area contributed by atoms with Gasteiger partial charge in [-0.05, 0) is 37.8 Å². The number of amides is 2. The molecule has 0 radical (unpaired) electrons. The predicted molar refractivity (Wildman–Crippen MR) is 102 cm³/mol. The van der Waals surface area contributed by atoms with Crippen molar-refractivity contribution in [3.63, 3.8) is 0 Å². The van der Waals surface area contributed by atoms with Crippen molar-refractivity contribution in [2.45, 2.75) is 50.2 Å². The summed E-state index contributed by atoms with van der Waals surface area (Å²) in [6, 6.07) is 5.71. The molecule has 0 bridgehead atoms. The van der Waals surface area contributed by atoms with Crippen LogP contribution in [0.1, 0.15) is 37.7 Å². The van der Waals surface area contributed by atoms with Crippen molar-refractivity contribution < 1.29 is 24.6 Å². The molecule has 3 N–H and O–H groups in total. The highest BCUT2D eigenvalue weighted by molar-refractivity contribution is 6.02. The molecule has 3 heterocycles. The van der Waals surface area contributed by atoms with E-state index in [2.05, 4.69) is 15.1 Å². The normalized spacial score (nSPS) is 24.1. The van der Waals surface area contributed by atoms with Gasteiger partial charge in [0.25, 0.3) is 0 Å². The lowest BCUT2D eigenvalue weighted by Crippen LogP contribution is -2.52. The third kappa shape index (κ3) is 3.44. The average Bonchev–Trinajstić information content (AvgIpc) is 3.05. The molecule has 0 spiro atoms. The van der Waals surface area contributed by atoms with Gasteiger partial charge >= 0.3 is 5.97 Å². The number of piperidine rings is 2. The van der Waals surface area contributed by atoms with Crippen molar-refractivity contribution in [2.75, 3.05) is 29.4 Å². The van der Waals surface area contributed by atoms with Gasteiger partial charge in [0, 0.05) is 43.0 Å². The number of imide groups is 1. The van der Waals surface area contributed by atoms with E-state index in [4.69, 9.17) is 5.11 Å². The third-order valence-electron chi connectivity index (χ3n) is 6.14. The Balaban J connectivity index is 1.52. The maximum atomic E-state index is 12.3. The van der Waals surface area contributed by atoms with Crippen molar-refractivity contribution in [3.8, 4) is 0 Å². The molecule has 28 heavy (non-hydrogen) atoms. The van der Waals surface area contributed by atoms with Crippen LogP contribution in [0.15, 0.2) is 18.2 Å². The number of carboxylic acid groups (broad SMARTS) is 1. The standard InChI is InChI=1S/C20H25N3O5/c24-17-5-4-16(19(27)21-17)23-9-6-13-14(2-1-3-15(13)23)22-10-7-20(28,8-11-22)12-18(25)26/h1-3,16,28H,4-12H2,(H,25,26)(H,21,24,27). The predicted octanol–water partition coefficient (Wildman–Crippen LogP) is 0.660. The summed E-state index contributed by atoms with van der Waals surface area (Å²) < 4.78 is 0. The number of hydrogen-bond acceptors (Lipinski definition) is 6. The Kier molecular flexibility index (Phi) is 4.74. The molecule has 8 nitrogen and oxygen atoms in total. The summed E-state index contributed by atoms with van der Waals surface area (Å²) >= 11 is 0. The van der Waals surface area contributed by atoms with Crippen LogP contribution in [0.3, 0.4) is 0 Å². The summed E-state index contributed by atoms with van der Waals surface area (Å²) in [6.07, 6.45) is 2.31. The molecule has 1 aromatic rings. The fourth-order valence-corrected chi connectivity index (χ4v) is 4.66. The van der Waals surface area contributed by atoms with Crippen LogP contribution in [-0.2, 0) is 20.8 Å². The number of aliphatic carboxylic acids is 1. The van der Waals surface area contributed by atoms with Crippen LogP contribution >= 0.6 is 0 Å². The van der Waals surface area contributed by atoms with Crippen molar-refractivity contribution in [2.24, 2.45) is 0 Å². The number of carbonyl (C=O) groups is 3. The molecular weight excluding hydrogens is 362 g/mol. The lowest BCUT2D eigenvalue weighted by molar-refractivity contribution is -0.143. The van der Waals surface area contributed by atoms with Gasteiger partial charge in [0.1, 0.15) is 6.04 Å². The number of fused-ring (bicyclic) bond motifs is 1. The molecule has 4 rings (SSSR count). The number of hydrogen-bond donors (Lipinski definition) is 3. The highest BCUT2D eigenvalue weighted by Crippen LogP contribution is 2.39. The maximum absolute atomic E-state index is 12.3. The number of aliphatic hydroxyl groups is 1. The molecule has 0 aromatic heterocycles. The van der Waals surface area contributed by atoms with Gasteiger partial charge in [0.15, 0.2) is 0 Å². The molecule has 0 saturated carbocycles. The fraction of sp³-hybridized carbons (Fsp3) is 0.550. The zero-order chi connectivity index (χ0) is 19.9. The van der Waals surface area contributed by atoms with Crippen LogP contribution in [0.4, 0.5) is 11.4 Å². The van der Waals surface area contributed by atoms with Gasteiger partial charge < -0.3 is 20.0 Å². The van der Waals surface area contributed by atoms with Crippen molar-refractivity contribution >= 4 is 29.2 Å². The van der Waals surface area contributed by atoms with Gasteiger partial charge in [0.2, 0.25) is 11.8 Å². The molecule has 0 aliphatic carbocycles. The fourth-order valence-electron chi connectivity index (χ4n) is 4.66. The summed E-state index contributed by atoms with van der Waals surface area (Å²) in [7, 11) is 0. The van der Waals surface area contributed by atoms with Gasteiger partial charge in [0.05, 0.1) is 12.0 Å². The van der Waals surface area contributed by atoms with Crippen molar-refractivity contribution in [1.29, 1.82) is 0 Å². The number of nitrogens with zero attached hydrogens (tertiary/aromatic N) is 2. The zero-order valence-electron chi connectivity index (χ0n) is 15.7. The van der Waals surface area contributed by atoms with E-state index in [9.17, 15) is 19.5 Å². The highest BCUT2D eigenvalue weighted by Gasteiger charge is 2.38. The van der Waals surface area contributed by atoms with Crippen LogP contribution in [-0.4, -0.2) is 59.3 Å². The number of benzene rings is 1. The lowest BCUT2D eigenvalue weighted by Gasteiger charge is -2.39. The number of rotatable bonds is 4. The summed E-state index contributed by atoms with van der Waals surface area (Å²) in [5.41, 5.74) is 2.15. The average molecular weight is 387 g/mol. The monoisotopic (exact) mass is 387 g/mol. The SMILES string of the molecule is O=C(O)CC1(O)CCN(c2cccc3c2CCN3C2CCC(=O)NC2=O)CC1. The lowest BCUT2D eigenvalue weighted by atomic mass is 9.88. The topological polar surface area (TPSA) is 110 Å². The molecule has 1 aromatic carbocycles. The zero-order valence-corrected chi connectivity index (χ0v) is 15.7. The minimum atomic E-state index is -1.14. The van der Waals surface area contributed by atoms with E-state index >= 15 is 0 Å². The molecule has 2 saturated heterocycles. The quantitative estimate of drug-likeness (QED) is 0.651. The van der Waals surface area contributed by atoms with E-state index in [0.717, 1.165) is 24.3 Å². The van der Waals surface area contributed by atoms with Crippen LogP contribution in [0.2, 0.25) is 0 Å². The molecule has 3 aliphatic heterocycles. The Morgan fingerprint density at radius 3 is 2.54 bits per heavy atom. The smallest absolute Gasteiger partial charge is 0.306 e. The first-order chi connectivity index (χ1) is 13.4. The van der Waals surface area contributed by atoms with Crippen LogP contribution in [0.25, 0.3) is 0 Å². The molecule has 8 heteroatoms. The summed E-state index contributed by atoms with van der Waals surface area (Å²) in [6.45, 7) is 1.92. The minimum Gasteiger partial charge on any atom is -0.481 e. The molecule has 2 fully saturated rings. The second kappa shape index (κ2) is 7.09. The van der Waals surface area contributed by atoms with Crippen LogP contribution in [0, 0.1) is 0 Å². The summed E-state index contributed by atoms with van der Waals surface area (Å²) in [5.74, 6) is -1.42. The highest BCUT2D eigenvalue weighted by atomic mass is 16.4. The Morgan fingerprint density at radius 2 is 1.86 bits per heavy atom. The third-order valence-corrected chi connectivity index (χ3v) is 6.14. The first-order valence-corrected chi connectivity index (χ1v) is 9.78. The molecule has 1 atom stereocenters. The Morgan fingerprint density at radius 1 is 1.14 bits per heavy atom. The molecule has 3 aliphatic rings. The van der Waals surface area contributed by atoms with Crippen LogP contribution in [0.5, 0.6) is 0 Å². The first-order valence-electron chi connectivity index (χ1n) is 9.78. The van der Waals surface area contributed by atoms with E-state index in [1.54, 1.807) is 0 Å². The maximum Gasteiger partial charge on any atom is 0.306 e. The van der Waals surface area contributed by atoms with Gasteiger partial charge in [-0.1, -0.05) is 6.07 Å². The number of nitrogens with one attached hydrogen (secondary N) is 1. The molecule has 1 unspecified atom stereocenters. The van der Waals surface area contributed by atoms with Crippen molar-refractivity contribution in [1.82, 2.24) is 5.32 Å². The van der Waals surface area contributed by atoms with E-state index in [1.807, 2.05) is 18.2 Å². The van der Waals surface area contributed by atoms with E-state index in [-0.39, 0.29) is 24.3 Å². The van der Waals surface area contributed by atoms with Gasteiger partial charge in [-0.3, -0.25) is 19.7 Å². The summed E-state index contributed by atoms with van der Waals surface area (Å²) in [4.78, 5) is 39.0. The number of carboxylic acids is 1. The number of anilines is 2. The van der Waals surface area contributed by atoms with E-state index in [0.29, 0.717) is 38.8 Å². The first kappa shape index (κ1) is 18.7. The Hall–Kier alpha value is -2.61. The van der Waals surface area contributed by atoms with Gasteiger partial charge in [-0.25, -0.2) is 0 Å². The molecular formula is C20H25N3O5. The summed E-state index contributed by atoms with van der Waals surface area (Å²) in [5, 5.41) is 21.9. The minimum absolute atomic E-state index is 0.211. The second-order valence-corrected chi connectivity index (χ2v) is 7.97. The largest absolute Gasteiger partial charge is 0.481 e. The molecule has 2 amide bonds. The van der Waals surface area contributed by atoms with Gasteiger partial charge in [-0.2, -0.15) is 0 Å². The van der Waals surface area contributed by atoms with Crippen LogP contribution < -0.4 is 15.1 Å². The second-order valence-electron chi connectivity index (χ2n) is 7.97. The van der Waals surface area contributed by atoms with E-state index < -0.39 is 11.6 Å². The van der Waals surface area contributed by atoms with Gasteiger partial charge in [-0.15, -0.1) is 0 Å². The number of carbonyl (C=O) groups excluding carboxylic acids is 2. The Bertz CT molecular complexity index is 816. The van der Waals surface area contributed by atoms with Crippen molar-refractivity contribution in [3.05, 3.63) is 23.8 Å².